The Morgan fingerprint density at radius 3 is 2.25 bits per heavy atom. The summed E-state index contributed by atoms with van der Waals surface area (Å²) in [4.78, 5) is 27.4. The first-order chi connectivity index (χ1) is 16.6. The maximum atomic E-state index is 13.4. The summed E-state index contributed by atoms with van der Waals surface area (Å²) in [6, 6.07) is 9.31. The van der Waals surface area contributed by atoms with E-state index in [1.165, 1.54) is 13.0 Å². The Hall–Kier alpha value is -2.79. The maximum Gasteiger partial charge on any atom is 0.416 e. The summed E-state index contributed by atoms with van der Waals surface area (Å²) in [7, 11) is -4.17. The first-order valence-corrected chi connectivity index (χ1v) is 13.3. The van der Waals surface area contributed by atoms with Crippen LogP contribution in [0.3, 0.4) is 0 Å². The van der Waals surface area contributed by atoms with E-state index in [0.29, 0.717) is 27.5 Å². The van der Waals surface area contributed by atoms with Gasteiger partial charge in [-0.25, -0.2) is 8.42 Å². The van der Waals surface area contributed by atoms with Gasteiger partial charge in [0.1, 0.15) is 12.6 Å². The minimum absolute atomic E-state index is 0.116. The molecule has 2 rings (SSSR count). The number of carbonyl (C=O) groups is 2. The number of hydrogen-bond acceptors (Lipinski definition) is 4. The molecule has 0 aliphatic heterocycles. The highest BCUT2D eigenvalue weighted by molar-refractivity contribution is 7.92. The van der Waals surface area contributed by atoms with Crippen LogP contribution >= 0.6 is 11.6 Å². The SMILES string of the molecule is CC(C)CNC(=O)[C@H](C)N(Cc1ccccc1Cl)C(=O)CN(c1cccc(C(F)(F)F)c1)S(C)(=O)=O. The van der Waals surface area contributed by atoms with Crippen molar-refractivity contribution in [2.45, 2.75) is 39.5 Å². The van der Waals surface area contributed by atoms with Gasteiger partial charge in [-0.1, -0.05) is 49.7 Å². The molecule has 0 saturated heterocycles. The molecular formula is C24H29ClF3N3O4S. The van der Waals surface area contributed by atoms with Crippen LogP contribution in [0, 0.1) is 5.92 Å². The number of nitrogens with one attached hydrogen (secondary N) is 1. The summed E-state index contributed by atoms with van der Waals surface area (Å²) in [6.07, 6.45) is -3.92. The predicted molar refractivity (Wildman–Crippen MR) is 133 cm³/mol. The molecule has 7 nitrogen and oxygen atoms in total. The van der Waals surface area contributed by atoms with Gasteiger partial charge in [-0.3, -0.25) is 13.9 Å². The average molecular weight is 548 g/mol. The third-order valence-corrected chi connectivity index (χ3v) is 6.80. The van der Waals surface area contributed by atoms with E-state index >= 15 is 0 Å². The monoisotopic (exact) mass is 547 g/mol. The third kappa shape index (κ3) is 8.12. The van der Waals surface area contributed by atoms with Crippen molar-refractivity contribution in [1.82, 2.24) is 10.2 Å². The van der Waals surface area contributed by atoms with Crippen molar-refractivity contribution in [3.8, 4) is 0 Å². The number of benzene rings is 2. The summed E-state index contributed by atoms with van der Waals surface area (Å²) >= 11 is 6.24. The lowest BCUT2D eigenvalue weighted by molar-refractivity contribution is -0.139. The van der Waals surface area contributed by atoms with Gasteiger partial charge in [-0.15, -0.1) is 0 Å². The highest BCUT2D eigenvalue weighted by Crippen LogP contribution is 2.32. The Morgan fingerprint density at radius 2 is 1.69 bits per heavy atom. The number of rotatable bonds is 10. The Labute approximate surface area is 214 Å². The fourth-order valence-electron chi connectivity index (χ4n) is 3.30. The molecule has 0 unspecified atom stereocenters. The van der Waals surface area contributed by atoms with E-state index in [2.05, 4.69) is 5.32 Å². The van der Waals surface area contributed by atoms with Crippen LogP contribution in [0.4, 0.5) is 18.9 Å². The molecule has 2 aromatic carbocycles. The molecule has 2 aromatic rings. The molecule has 2 amide bonds. The Morgan fingerprint density at radius 1 is 1.06 bits per heavy atom. The Bertz CT molecular complexity index is 1190. The van der Waals surface area contributed by atoms with Crippen LogP contribution in [-0.2, 0) is 32.3 Å². The van der Waals surface area contributed by atoms with Gasteiger partial charge in [0, 0.05) is 18.1 Å². The van der Waals surface area contributed by atoms with Gasteiger partial charge in [0.05, 0.1) is 17.5 Å². The number of anilines is 1. The van der Waals surface area contributed by atoms with Crippen LogP contribution in [0.1, 0.15) is 31.9 Å². The van der Waals surface area contributed by atoms with Crippen LogP contribution in [0.2, 0.25) is 5.02 Å². The lowest BCUT2D eigenvalue weighted by Crippen LogP contribution is -2.51. The number of nitrogens with zero attached hydrogens (tertiary/aromatic N) is 2. The molecule has 0 radical (unpaired) electrons. The first kappa shape index (κ1) is 29.4. The number of amides is 2. The smallest absolute Gasteiger partial charge is 0.354 e. The zero-order chi connectivity index (χ0) is 27.3. The molecular weight excluding hydrogens is 519 g/mol. The predicted octanol–water partition coefficient (Wildman–Crippen LogP) is 4.31. The molecule has 0 fully saturated rings. The number of sulfonamides is 1. The standard InChI is InChI=1S/C24H29ClF3N3O4S/c1-16(2)13-29-23(33)17(3)30(14-18-8-5-6-11-21(18)25)22(32)15-31(36(4,34)35)20-10-7-9-19(12-20)24(26,27)28/h5-12,16-17H,13-15H2,1-4H3,(H,29,33)/t17-/m0/s1. The largest absolute Gasteiger partial charge is 0.416 e. The van der Waals surface area contributed by atoms with Crippen molar-refractivity contribution in [3.63, 3.8) is 0 Å². The van der Waals surface area contributed by atoms with Crippen molar-refractivity contribution in [1.29, 1.82) is 0 Å². The van der Waals surface area contributed by atoms with E-state index in [0.717, 1.165) is 23.3 Å². The van der Waals surface area contributed by atoms with Crippen LogP contribution in [0.25, 0.3) is 0 Å². The van der Waals surface area contributed by atoms with Gasteiger partial charge < -0.3 is 10.2 Å². The van der Waals surface area contributed by atoms with Gasteiger partial charge in [0.25, 0.3) is 0 Å². The van der Waals surface area contributed by atoms with E-state index in [9.17, 15) is 31.2 Å². The summed E-state index contributed by atoms with van der Waals surface area (Å²) < 4.78 is 65.3. The number of halogens is 4. The van der Waals surface area contributed by atoms with E-state index in [1.54, 1.807) is 24.3 Å². The van der Waals surface area contributed by atoms with Crippen molar-refractivity contribution < 1.29 is 31.2 Å². The normalized spacial score (nSPS) is 12.8. The molecule has 0 spiro atoms. The second kappa shape index (κ2) is 12.0. The summed E-state index contributed by atoms with van der Waals surface area (Å²) in [5.41, 5.74) is -0.869. The van der Waals surface area contributed by atoms with Crippen molar-refractivity contribution in [2.24, 2.45) is 5.92 Å². The van der Waals surface area contributed by atoms with Gasteiger partial charge in [0.15, 0.2) is 0 Å². The number of alkyl halides is 3. The van der Waals surface area contributed by atoms with Crippen molar-refractivity contribution >= 4 is 39.1 Å². The molecule has 198 valence electrons. The van der Waals surface area contributed by atoms with Gasteiger partial charge in [-0.2, -0.15) is 13.2 Å². The fraction of sp³-hybridized carbons (Fsp3) is 0.417. The van der Waals surface area contributed by atoms with Crippen LogP contribution < -0.4 is 9.62 Å². The Balaban J connectivity index is 2.44. The molecule has 0 saturated carbocycles. The summed E-state index contributed by atoms with van der Waals surface area (Å²) in [5.74, 6) is -1.10. The molecule has 0 aliphatic rings. The molecule has 1 N–H and O–H groups in total. The quantitative estimate of drug-likeness (QED) is 0.480. The van der Waals surface area contributed by atoms with E-state index in [4.69, 9.17) is 11.6 Å². The van der Waals surface area contributed by atoms with Crippen LogP contribution in [0.5, 0.6) is 0 Å². The minimum Gasteiger partial charge on any atom is -0.354 e. The highest BCUT2D eigenvalue weighted by Gasteiger charge is 2.33. The van der Waals surface area contributed by atoms with Gasteiger partial charge >= 0.3 is 6.18 Å². The highest BCUT2D eigenvalue weighted by atomic mass is 35.5. The minimum atomic E-state index is -4.71. The molecule has 1 atom stereocenters. The zero-order valence-corrected chi connectivity index (χ0v) is 21.9. The number of hydrogen-bond donors (Lipinski definition) is 1. The topological polar surface area (TPSA) is 86.8 Å². The molecule has 0 aromatic heterocycles. The van der Waals surface area contributed by atoms with Crippen molar-refractivity contribution in [3.05, 3.63) is 64.7 Å². The van der Waals surface area contributed by atoms with Crippen molar-refractivity contribution in [2.75, 3.05) is 23.7 Å². The van der Waals surface area contributed by atoms with Crippen LogP contribution in [0.15, 0.2) is 48.5 Å². The fourth-order valence-corrected chi connectivity index (χ4v) is 4.33. The lowest BCUT2D eigenvalue weighted by atomic mass is 10.1. The number of carbonyl (C=O) groups excluding carboxylic acids is 2. The van der Waals surface area contributed by atoms with Gasteiger partial charge in [-0.05, 0) is 42.7 Å². The zero-order valence-electron chi connectivity index (χ0n) is 20.3. The van der Waals surface area contributed by atoms with E-state index < -0.39 is 46.2 Å². The summed E-state index contributed by atoms with van der Waals surface area (Å²) in [5, 5.41) is 3.07. The lowest BCUT2D eigenvalue weighted by Gasteiger charge is -2.32. The molecule has 0 aliphatic carbocycles. The van der Waals surface area contributed by atoms with Crippen LogP contribution in [-0.4, -0.2) is 50.5 Å². The molecule has 36 heavy (non-hydrogen) atoms. The second-order valence-electron chi connectivity index (χ2n) is 8.75. The summed E-state index contributed by atoms with van der Waals surface area (Å²) in [6.45, 7) is 4.71. The average Bonchev–Trinajstić information content (AvgIpc) is 2.78. The molecule has 12 heteroatoms. The molecule has 0 heterocycles. The maximum absolute atomic E-state index is 13.4. The van der Waals surface area contributed by atoms with E-state index in [1.807, 2.05) is 13.8 Å². The second-order valence-corrected chi connectivity index (χ2v) is 11.1. The third-order valence-electron chi connectivity index (χ3n) is 5.29. The Kier molecular flexibility index (Phi) is 9.78. The van der Waals surface area contributed by atoms with E-state index in [-0.39, 0.29) is 18.2 Å². The first-order valence-electron chi connectivity index (χ1n) is 11.1. The molecule has 0 bridgehead atoms. The van der Waals surface area contributed by atoms with Gasteiger partial charge in [0.2, 0.25) is 21.8 Å².